The van der Waals surface area contributed by atoms with E-state index < -0.39 is 17.5 Å². The summed E-state index contributed by atoms with van der Waals surface area (Å²) < 4.78 is 21.8. The summed E-state index contributed by atoms with van der Waals surface area (Å²) in [6.45, 7) is 0.173. The molecule has 31 heavy (non-hydrogen) atoms. The van der Waals surface area contributed by atoms with Crippen LogP contribution < -0.4 is 11.1 Å². The monoisotopic (exact) mass is 462 g/mol. The van der Waals surface area contributed by atoms with Crippen molar-refractivity contribution in [3.63, 3.8) is 0 Å². The molecule has 3 aromatic rings. The Balaban J connectivity index is 1.39. The zero-order valence-corrected chi connectivity index (χ0v) is 17.5. The molecule has 2 aliphatic heterocycles. The van der Waals surface area contributed by atoms with E-state index >= 15 is 0 Å². The smallest absolute Gasteiger partial charge is 0.412 e. The number of anilines is 2. The van der Waals surface area contributed by atoms with Gasteiger partial charge in [0.15, 0.2) is 11.4 Å². The van der Waals surface area contributed by atoms with Crippen molar-refractivity contribution in [3.05, 3.63) is 46.2 Å². The van der Waals surface area contributed by atoms with Gasteiger partial charge >= 0.3 is 6.09 Å². The SMILES string of the molecule is Nc1cc(-c2nccs2)nn1CC(=O)N1CC[C@@]2(C1)OC(=O)Nc1ccc(Cl)c(F)c12. The summed E-state index contributed by atoms with van der Waals surface area (Å²) in [7, 11) is 0. The predicted octanol–water partition coefficient (Wildman–Crippen LogP) is 3.07. The van der Waals surface area contributed by atoms with E-state index in [4.69, 9.17) is 22.1 Å². The average Bonchev–Trinajstić information content (AvgIpc) is 3.46. The van der Waals surface area contributed by atoms with Crippen molar-refractivity contribution >= 4 is 46.4 Å². The number of amides is 2. The van der Waals surface area contributed by atoms with E-state index in [0.717, 1.165) is 0 Å². The van der Waals surface area contributed by atoms with Crippen LogP contribution in [0.1, 0.15) is 12.0 Å². The highest BCUT2D eigenvalue weighted by Crippen LogP contribution is 2.45. The number of rotatable bonds is 3. The molecule has 3 N–H and O–H groups in total. The van der Waals surface area contributed by atoms with Crippen molar-refractivity contribution in [1.82, 2.24) is 19.7 Å². The van der Waals surface area contributed by atoms with Crippen LogP contribution in [0.2, 0.25) is 5.02 Å². The minimum absolute atomic E-state index is 0.00399. The Morgan fingerprint density at radius 2 is 2.29 bits per heavy atom. The highest BCUT2D eigenvalue weighted by Gasteiger charge is 2.50. The second-order valence-corrected chi connectivity index (χ2v) is 8.61. The molecule has 9 nitrogen and oxygen atoms in total. The van der Waals surface area contributed by atoms with Gasteiger partial charge in [-0.2, -0.15) is 5.10 Å². The minimum Gasteiger partial charge on any atom is -0.436 e. The van der Waals surface area contributed by atoms with Gasteiger partial charge in [0.25, 0.3) is 0 Å². The quantitative estimate of drug-likeness (QED) is 0.618. The molecule has 0 radical (unpaired) electrons. The van der Waals surface area contributed by atoms with Crippen LogP contribution in [-0.2, 0) is 21.7 Å². The van der Waals surface area contributed by atoms with Crippen LogP contribution in [0.4, 0.5) is 20.7 Å². The molecule has 0 unspecified atom stereocenters. The molecule has 2 aliphatic rings. The van der Waals surface area contributed by atoms with Crippen LogP contribution in [0.25, 0.3) is 10.7 Å². The summed E-state index contributed by atoms with van der Waals surface area (Å²) in [5, 5.41) is 9.29. The van der Waals surface area contributed by atoms with Gasteiger partial charge < -0.3 is 15.4 Å². The maximum Gasteiger partial charge on any atom is 0.412 e. The molecule has 1 aromatic carbocycles. The Labute approximate surface area is 184 Å². The van der Waals surface area contributed by atoms with Gasteiger partial charge in [0.2, 0.25) is 5.91 Å². The number of thiazole rings is 1. The highest BCUT2D eigenvalue weighted by atomic mass is 35.5. The van der Waals surface area contributed by atoms with Crippen LogP contribution in [-0.4, -0.2) is 44.8 Å². The third-order valence-electron chi connectivity index (χ3n) is 5.41. The van der Waals surface area contributed by atoms with E-state index in [1.807, 2.05) is 5.38 Å². The van der Waals surface area contributed by atoms with E-state index in [0.29, 0.717) is 16.5 Å². The molecule has 5 rings (SSSR count). The third-order valence-corrected chi connectivity index (χ3v) is 6.49. The molecule has 4 heterocycles. The summed E-state index contributed by atoms with van der Waals surface area (Å²) >= 11 is 7.37. The highest BCUT2D eigenvalue weighted by molar-refractivity contribution is 7.13. The Hall–Kier alpha value is -3.18. The van der Waals surface area contributed by atoms with E-state index in [1.165, 1.54) is 33.1 Å². The number of fused-ring (bicyclic) bond motifs is 2. The first-order chi connectivity index (χ1) is 14.9. The molecule has 2 amide bonds. The van der Waals surface area contributed by atoms with Crippen molar-refractivity contribution in [2.24, 2.45) is 0 Å². The van der Waals surface area contributed by atoms with Gasteiger partial charge in [0.1, 0.15) is 23.1 Å². The lowest BCUT2D eigenvalue weighted by Crippen LogP contribution is -2.44. The van der Waals surface area contributed by atoms with Gasteiger partial charge in [-0.15, -0.1) is 11.3 Å². The first-order valence-corrected chi connectivity index (χ1v) is 10.6. The number of hydrogen-bond acceptors (Lipinski definition) is 7. The Bertz CT molecular complexity index is 1200. The first kappa shape index (κ1) is 19.8. The lowest BCUT2D eigenvalue weighted by molar-refractivity contribution is -0.132. The average molecular weight is 463 g/mol. The number of nitrogen functional groups attached to an aromatic ring is 1. The molecule has 1 atom stereocenters. The van der Waals surface area contributed by atoms with Crippen molar-refractivity contribution in [3.8, 4) is 10.7 Å². The number of ether oxygens (including phenoxy) is 1. The van der Waals surface area contributed by atoms with E-state index in [-0.39, 0.29) is 48.2 Å². The standard InChI is InChI=1S/C19H16ClFN6O3S/c20-10-1-2-11-15(16(10)21)19(30-18(29)24-11)3-5-26(9-19)14(28)8-27-13(22)7-12(25-27)17-23-4-6-31-17/h1-2,4,6-7H,3,5,8-9,22H2,(H,24,29)/t19-/m0/s1. The number of benzene rings is 1. The van der Waals surface area contributed by atoms with E-state index in [2.05, 4.69) is 15.4 Å². The molecule has 1 saturated heterocycles. The fourth-order valence-corrected chi connectivity index (χ4v) is 4.74. The number of aromatic nitrogens is 3. The van der Waals surface area contributed by atoms with Crippen LogP contribution in [0, 0.1) is 5.82 Å². The van der Waals surface area contributed by atoms with Crippen molar-refractivity contribution < 1.29 is 18.7 Å². The molecule has 0 saturated carbocycles. The van der Waals surface area contributed by atoms with Crippen LogP contribution >= 0.6 is 22.9 Å². The number of carbonyl (C=O) groups excluding carboxylic acids is 2. The molecule has 0 aliphatic carbocycles. The maximum atomic E-state index is 14.9. The normalized spacial score (nSPS) is 19.9. The Morgan fingerprint density at radius 3 is 3.06 bits per heavy atom. The summed E-state index contributed by atoms with van der Waals surface area (Å²) in [4.78, 5) is 30.7. The van der Waals surface area contributed by atoms with Gasteiger partial charge in [-0.25, -0.2) is 18.9 Å². The fraction of sp³-hybridized carbons (Fsp3) is 0.263. The first-order valence-electron chi connectivity index (χ1n) is 9.36. The number of nitrogens with two attached hydrogens (primary N) is 1. The van der Waals surface area contributed by atoms with Crippen molar-refractivity contribution in [1.29, 1.82) is 0 Å². The molecular formula is C19H16ClFN6O3S. The minimum atomic E-state index is -1.30. The predicted molar refractivity (Wildman–Crippen MR) is 112 cm³/mol. The molecule has 0 bridgehead atoms. The second-order valence-electron chi connectivity index (χ2n) is 7.31. The number of halogens is 2. The molecule has 1 fully saturated rings. The molecule has 1 spiro atoms. The number of carbonyl (C=O) groups is 2. The Morgan fingerprint density at radius 1 is 1.45 bits per heavy atom. The Kier molecular flexibility index (Phi) is 4.59. The van der Waals surface area contributed by atoms with Gasteiger partial charge in [-0.1, -0.05) is 11.6 Å². The van der Waals surface area contributed by atoms with Gasteiger partial charge in [-0.3, -0.25) is 10.1 Å². The zero-order chi connectivity index (χ0) is 21.8. The number of hydrogen-bond donors (Lipinski definition) is 2. The topological polar surface area (TPSA) is 115 Å². The third kappa shape index (κ3) is 3.29. The number of nitrogens with zero attached hydrogens (tertiary/aromatic N) is 4. The van der Waals surface area contributed by atoms with Crippen LogP contribution in [0.3, 0.4) is 0 Å². The summed E-state index contributed by atoms with van der Waals surface area (Å²) in [5.74, 6) is -0.627. The largest absolute Gasteiger partial charge is 0.436 e. The van der Waals surface area contributed by atoms with Gasteiger partial charge in [-0.05, 0) is 12.1 Å². The van der Waals surface area contributed by atoms with Crippen molar-refractivity contribution in [2.45, 2.75) is 18.6 Å². The lowest BCUT2D eigenvalue weighted by Gasteiger charge is -2.35. The summed E-state index contributed by atoms with van der Waals surface area (Å²) in [6, 6.07) is 4.55. The molecule has 160 valence electrons. The summed E-state index contributed by atoms with van der Waals surface area (Å²) in [5.41, 5.74) is 5.73. The van der Waals surface area contributed by atoms with Crippen molar-refractivity contribution in [2.75, 3.05) is 24.1 Å². The zero-order valence-electron chi connectivity index (χ0n) is 16.0. The molecule has 2 aromatic heterocycles. The molecular weight excluding hydrogens is 447 g/mol. The van der Waals surface area contributed by atoms with Crippen LogP contribution in [0.15, 0.2) is 29.8 Å². The number of likely N-dealkylation sites (tertiary alicyclic amines) is 1. The molecule has 12 heteroatoms. The lowest BCUT2D eigenvalue weighted by atomic mass is 9.89. The van der Waals surface area contributed by atoms with E-state index in [1.54, 1.807) is 12.3 Å². The second kappa shape index (κ2) is 7.20. The maximum absolute atomic E-state index is 14.9. The van der Waals surface area contributed by atoms with Gasteiger partial charge in [0.05, 0.1) is 22.8 Å². The van der Waals surface area contributed by atoms with E-state index in [9.17, 15) is 14.0 Å². The summed E-state index contributed by atoms with van der Waals surface area (Å²) in [6.07, 6.45) is 1.20. The fourth-order valence-electron chi connectivity index (χ4n) is 3.99. The van der Waals surface area contributed by atoms with Crippen LogP contribution in [0.5, 0.6) is 0 Å². The van der Waals surface area contributed by atoms with Gasteiger partial charge in [0, 0.05) is 30.6 Å². The number of nitrogens with one attached hydrogen (secondary N) is 1.